The molecule has 8 heteroatoms. The van der Waals surface area contributed by atoms with Gasteiger partial charge in [0.05, 0.1) is 10.7 Å². The molecule has 3 aromatic rings. The van der Waals surface area contributed by atoms with Crippen molar-refractivity contribution in [2.45, 2.75) is 25.8 Å². The van der Waals surface area contributed by atoms with Gasteiger partial charge in [0.25, 0.3) is 5.56 Å². The maximum Gasteiger partial charge on any atom is 0.271 e. The number of pyridine rings is 1. The van der Waals surface area contributed by atoms with Crippen LogP contribution in [0.3, 0.4) is 0 Å². The molecule has 0 bridgehead atoms. The van der Waals surface area contributed by atoms with E-state index in [-0.39, 0.29) is 16.9 Å². The van der Waals surface area contributed by atoms with Crippen molar-refractivity contribution in [2.75, 3.05) is 29.4 Å². The van der Waals surface area contributed by atoms with E-state index in [1.165, 1.54) is 23.5 Å². The maximum absolute atomic E-state index is 13.3. The zero-order valence-corrected chi connectivity index (χ0v) is 17.7. The minimum atomic E-state index is -0.259. The lowest BCUT2D eigenvalue weighted by atomic mass is 9.92. The van der Waals surface area contributed by atoms with Crippen LogP contribution in [0.2, 0.25) is 0 Å². The standard InChI is InChI=1S/C22H22FN5OS/c1-13-25-19-20(17(11-24)21(29)26(2)22(19)30-13)27-9-8-18-14(12-27)7-10-28(18)16-5-3-15(23)4-6-16/h3-6,14,18H,7-10,12H2,1-2H3/t14-,18+/m1/s1. The first-order valence-corrected chi connectivity index (χ1v) is 11.0. The van der Waals surface area contributed by atoms with E-state index in [0.717, 1.165) is 53.5 Å². The van der Waals surface area contributed by atoms with Crippen molar-refractivity contribution in [1.29, 1.82) is 5.26 Å². The molecule has 1 aromatic carbocycles. The van der Waals surface area contributed by atoms with Crippen LogP contribution in [0.15, 0.2) is 29.1 Å². The molecule has 2 aliphatic heterocycles. The first-order valence-electron chi connectivity index (χ1n) is 10.2. The molecule has 154 valence electrons. The number of hydrogen-bond acceptors (Lipinski definition) is 6. The molecule has 5 rings (SSSR count). The third-order valence-corrected chi connectivity index (χ3v) is 7.47. The second-order valence-electron chi connectivity index (χ2n) is 8.11. The summed E-state index contributed by atoms with van der Waals surface area (Å²) in [5.74, 6) is 0.204. The SMILES string of the molecule is Cc1nc2c(N3CC[C@H]4[C@H](CCN4c4ccc(F)cc4)C3)c(C#N)c(=O)n(C)c2s1. The number of nitriles is 1. The average molecular weight is 424 g/mol. The van der Waals surface area contributed by atoms with E-state index in [9.17, 15) is 14.4 Å². The van der Waals surface area contributed by atoms with Crippen molar-refractivity contribution in [3.63, 3.8) is 0 Å². The fourth-order valence-electron chi connectivity index (χ4n) is 5.03. The number of fused-ring (bicyclic) bond motifs is 2. The molecule has 0 unspecified atom stereocenters. The molecule has 2 fully saturated rings. The van der Waals surface area contributed by atoms with Crippen molar-refractivity contribution >= 4 is 33.1 Å². The highest BCUT2D eigenvalue weighted by Crippen LogP contribution is 2.39. The van der Waals surface area contributed by atoms with Gasteiger partial charge in [-0.05, 0) is 49.9 Å². The summed E-state index contributed by atoms with van der Waals surface area (Å²) in [6.45, 7) is 4.40. The van der Waals surface area contributed by atoms with Crippen LogP contribution < -0.4 is 15.4 Å². The van der Waals surface area contributed by atoms with Crippen LogP contribution in [0.1, 0.15) is 23.4 Å². The van der Waals surface area contributed by atoms with Gasteiger partial charge in [-0.15, -0.1) is 11.3 Å². The van der Waals surface area contributed by atoms with Crippen LogP contribution in [-0.2, 0) is 7.05 Å². The zero-order valence-electron chi connectivity index (χ0n) is 16.9. The van der Waals surface area contributed by atoms with E-state index < -0.39 is 0 Å². The summed E-state index contributed by atoms with van der Waals surface area (Å²) in [7, 11) is 1.71. The zero-order chi connectivity index (χ0) is 21.0. The van der Waals surface area contributed by atoms with Crippen molar-refractivity contribution < 1.29 is 4.39 Å². The topological polar surface area (TPSA) is 65.2 Å². The van der Waals surface area contributed by atoms with Gasteiger partial charge in [0, 0.05) is 38.4 Å². The number of thiazole rings is 1. The molecule has 2 aromatic heterocycles. The minimum Gasteiger partial charge on any atom is -0.368 e. The molecule has 2 saturated heterocycles. The van der Waals surface area contributed by atoms with Crippen LogP contribution in [0.5, 0.6) is 0 Å². The van der Waals surface area contributed by atoms with Crippen LogP contribution in [0, 0.1) is 30.0 Å². The molecule has 0 aliphatic carbocycles. The number of anilines is 2. The number of hydrogen-bond donors (Lipinski definition) is 0. The molecule has 2 aliphatic rings. The predicted octanol–water partition coefficient (Wildman–Crippen LogP) is 3.42. The summed E-state index contributed by atoms with van der Waals surface area (Å²) in [6, 6.07) is 9.25. The van der Waals surface area contributed by atoms with Crippen molar-refractivity contribution in [1.82, 2.24) is 9.55 Å². The van der Waals surface area contributed by atoms with Gasteiger partial charge in [-0.25, -0.2) is 9.37 Å². The molecule has 4 heterocycles. The highest BCUT2D eigenvalue weighted by molar-refractivity contribution is 7.18. The normalized spacial score (nSPS) is 21.1. The second kappa shape index (κ2) is 7.10. The van der Waals surface area contributed by atoms with E-state index in [1.807, 2.05) is 19.1 Å². The van der Waals surface area contributed by atoms with Crippen molar-refractivity contribution in [3.05, 3.63) is 51.0 Å². The average Bonchev–Trinajstić information content (AvgIpc) is 3.34. The third-order valence-electron chi connectivity index (χ3n) is 6.42. The Morgan fingerprint density at radius 2 is 2.00 bits per heavy atom. The quantitative estimate of drug-likeness (QED) is 0.632. The van der Waals surface area contributed by atoms with E-state index in [0.29, 0.717) is 17.6 Å². The van der Waals surface area contributed by atoms with Gasteiger partial charge >= 0.3 is 0 Å². The van der Waals surface area contributed by atoms with Gasteiger partial charge in [0.1, 0.15) is 27.8 Å². The van der Waals surface area contributed by atoms with Crippen LogP contribution in [-0.4, -0.2) is 35.2 Å². The number of aromatic nitrogens is 2. The van der Waals surface area contributed by atoms with Gasteiger partial charge in [0.15, 0.2) is 0 Å². The fourth-order valence-corrected chi connectivity index (χ4v) is 5.90. The molecule has 2 atom stereocenters. The van der Waals surface area contributed by atoms with E-state index in [4.69, 9.17) is 0 Å². The van der Waals surface area contributed by atoms with Gasteiger partial charge in [0.2, 0.25) is 0 Å². The Kier molecular flexibility index (Phi) is 4.51. The number of halogens is 1. The lowest BCUT2D eigenvalue weighted by Gasteiger charge is -2.40. The van der Waals surface area contributed by atoms with E-state index >= 15 is 0 Å². The first kappa shape index (κ1) is 19.1. The van der Waals surface area contributed by atoms with E-state index in [2.05, 4.69) is 20.9 Å². The molecule has 0 saturated carbocycles. The highest BCUT2D eigenvalue weighted by atomic mass is 32.1. The molecular formula is C22H22FN5OS. The van der Waals surface area contributed by atoms with Gasteiger partial charge in [-0.2, -0.15) is 5.26 Å². The first-order chi connectivity index (χ1) is 14.5. The molecule has 30 heavy (non-hydrogen) atoms. The van der Waals surface area contributed by atoms with E-state index in [1.54, 1.807) is 11.6 Å². The summed E-state index contributed by atoms with van der Waals surface area (Å²) in [6.07, 6.45) is 1.96. The monoisotopic (exact) mass is 423 g/mol. The Balaban J connectivity index is 1.50. The summed E-state index contributed by atoms with van der Waals surface area (Å²) < 4.78 is 14.9. The van der Waals surface area contributed by atoms with Crippen molar-refractivity contribution in [2.24, 2.45) is 13.0 Å². The predicted molar refractivity (Wildman–Crippen MR) is 117 cm³/mol. The van der Waals surface area contributed by atoms with Crippen LogP contribution >= 0.6 is 11.3 Å². The molecule has 0 amide bonds. The summed E-state index contributed by atoms with van der Waals surface area (Å²) in [5.41, 5.74) is 2.43. The summed E-state index contributed by atoms with van der Waals surface area (Å²) >= 11 is 1.49. The minimum absolute atomic E-state index is 0.183. The molecular weight excluding hydrogens is 401 g/mol. The Morgan fingerprint density at radius 1 is 1.23 bits per heavy atom. The molecule has 0 N–H and O–H groups in total. The Hall–Kier alpha value is -2.92. The summed E-state index contributed by atoms with van der Waals surface area (Å²) in [5, 5.41) is 10.7. The molecule has 0 spiro atoms. The second-order valence-corrected chi connectivity index (χ2v) is 9.29. The smallest absolute Gasteiger partial charge is 0.271 e. The Labute approximate surface area is 177 Å². The number of rotatable bonds is 2. The lowest BCUT2D eigenvalue weighted by molar-refractivity contribution is 0.396. The van der Waals surface area contributed by atoms with Crippen LogP contribution in [0.4, 0.5) is 15.8 Å². The maximum atomic E-state index is 13.3. The molecule has 0 radical (unpaired) electrons. The molecule has 6 nitrogen and oxygen atoms in total. The largest absolute Gasteiger partial charge is 0.368 e. The lowest BCUT2D eigenvalue weighted by Crippen LogP contribution is -2.47. The number of piperidine rings is 1. The number of aryl methyl sites for hydroxylation is 2. The van der Waals surface area contributed by atoms with Gasteiger partial charge in [-0.1, -0.05) is 0 Å². The Morgan fingerprint density at radius 3 is 2.73 bits per heavy atom. The number of nitrogens with zero attached hydrogens (tertiary/aromatic N) is 5. The van der Waals surface area contributed by atoms with Gasteiger partial charge in [-0.3, -0.25) is 4.79 Å². The van der Waals surface area contributed by atoms with Crippen molar-refractivity contribution in [3.8, 4) is 6.07 Å². The summed E-state index contributed by atoms with van der Waals surface area (Å²) in [4.78, 5) is 22.9. The highest BCUT2D eigenvalue weighted by Gasteiger charge is 2.39. The van der Waals surface area contributed by atoms with Gasteiger partial charge < -0.3 is 14.4 Å². The third kappa shape index (κ3) is 2.88. The fraction of sp³-hybridized carbons (Fsp3) is 0.409. The Bertz CT molecular complexity index is 1230. The van der Waals surface area contributed by atoms with Crippen LogP contribution in [0.25, 0.3) is 10.3 Å². The number of benzene rings is 1.